The van der Waals surface area contributed by atoms with Gasteiger partial charge in [0.1, 0.15) is 11.6 Å². The number of amides is 2. The van der Waals surface area contributed by atoms with Gasteiger partial charge in [-0.2, -0.15) is 0 Å². The summed E-state index contributed by atoms with van der Waals surface area (Å²) in [5.41, 5.74) is 5.71. The van der Waals surface area contributed by atoms with Gasteiger partial charge in [-0.25, -0.2) is 9.97 Å². The highest BCUT2D eigenvalue weighted by molar-refractivity contribution is 6.39. The summed E-state index contributed by atoms with van der Waals surface area (Å²) in [6, 6.07) is 11.8. The molecule has 0 unspecified atom stereocenters. The van der Waals surface area contributed by atoms with E-state index in [0.717, 1.165) is 46.5 Å². The van der Waals surface area contributed by atoms with Gasteiger partial charge in [0, 0.05) is 87.5 Å². The first kappa shape index (κ1) is 33.5. The summed E-state index contributed by atoms with van der Waals surface area (Å²) in [4.78, 5) is 42.0. The highest BCUT2D eigenvalue weighted by Crippen LogP contribution is 2.42. The molecule has 6 rings (SSSR count). The summed E-state index contributed by atoms with van der Waals surface area (Å²) in [5.74, 6) is 1.47. The SMILES string of the molecule is CNc1nc(-c2cccc(-c3cccc(-c4cnc(CNC[C@H]5CCC(=O)N5)c(NC)n4)c3Cl)c2Cl)cnc1CNC[C@H]1CCC(=O)N1. The Bertz CT molecular complexity index is 1690. The molecule has 4 aromatic rings. The highest BCUT2D eigenvalue weighted by Gasteiger charge is 2.22. The Morgan fingerprint density at radius 1 is 0.688 bits per heavy atom. The molecular weight excluding hydrogens is 651 g/mol. The zero-order valence-electron chi connectivity index (χ0n) is 26.8. The normalized spacial score (nSPS) is 17.3. The average Bonchev–Trinajstić information content (AvgIpc) is 3.72. The summed E-state index contributed by atoms with van der Waals surface area (Å²) in [6.45, 7) is 2.33. The van der Waals surface area contributed by atoms with Gasteiger partial charge in [-0.15, -0.1) is 0 Å². The Morgan fingerprint density at radius 3 is 1.48 bits per heavy atom. The lowest BCUT2D eigenvalue weighted by atomic mass is 9.98. The van der Waals surface area contributed by atoms with Crippen molar-refractivity contribution in [2.75, 3.05) is 37.8 Å². The molecule has 0 saturated carbocycles. The summed E-state index contributed by atoms with van der Waals surface area (Å²) in [6.07, 6.45) is 6.23. The fourth-order valence-corrected chi connectivity index (χ4v) is 6.66. The number of nitrogens with zero attached hydrogens (tertiary/aromatic N) is 4. The molecule has 2 saturated heterocycles. The van der Waals surface area contributed by atoms with Crippen LogP contribution in [0.25, 0.3) is 33.6 Å². The Hall–Kier alpha value is -4.36. The fraction of sp³-hybridized carbons (Fsp3) is 0.353. The van der Waals surface area contributed by atoms with Gasteiger partial charge in [0.15, 0.2) is 0 Å². The molecule has 2 aliphatic heterocycles. The summed E-state index contributed by atoms with van der Waals surface area (Å²) in [5, 5.41) is 20.0. The topological polar surface area (TPSA) is 158 Å². The number of rotatable bonds is 13. The van der Waals surface area contributed by atoms with Gasteiger partial charge >= 0.3 is 0 Å². The molecule has 2 aromatic heterocycles. The minimum absolute atomic E-state index is 0.0947. The van der Waals surface area contributed by atoms with E-state index in [-0.39, 0.29) is 23.9 Å². The smallest absolute Gasteiger partial charge is 0.220 e. The minimum Gasteiger partial charge on any atom is -0.372 e. The second kappa shape index (κ2) is 15.2. The number of benzene rings is 2. The van der Waals surface area contributed by atoms with E-state index in [2.05, 4.69) is 41.9 Å². The van der Waals surface area contributed by atoms with Gasteiger partial charge in [0.2, 0.25) is 11.8 Å². The molecule has 14 heteroatoms. The quantitative estimate of drug-likeness (QED) is 0.119. The van der Waals surface area contributed by atoms with Crippen molar-refractivity contribution in [1.82, 2.24) is 41.2 Å². The summed E-state index contributed by atoms with van der Waals surface area (Å²) in [7, 11) is 3.61. The Morgan fingerprint density at radius 2 is 1.10 bits per heavy atom. The van der Waals surface area contributed by atoms with E-state index < -0.39 is 0 Å². The molecule has 2 atom stereocenters. The van der Waals surface area contributed by atoms with Crippen LogP contribution in [0.4, 0.5) is 11.6 Å². The van der Waals surface area contributed by atoms with E-state index in [4.69, 9.17) is 33.2 Å². The van der Waals surface area contributed by atoms with Crippen LogP contribution in [0, 0.1) is 0 Å². The Labute approximate surface area is 289 Å². The highest BCUT2D eigenvalue weighted by atomic mass is 35.5. The minimum atomic E-state index is 0.0947. The van der Waals surface area contributed by atoms with Gasteiger partial charge < -0.3 is 31.9 Å². The van der Waals surface area contributed by atoms with Crippen LogP contribution in [0.15, 0.2) is 48.8 Å². The maximum absolute atomic E-state index is 11.5. The van der Waals surface area contributed by atoms with Crippen molar-refractivity contribution in [1.29, 1.82) is 0 Å². The average molecular weight is 690 g/mol. The van der Waals surface area contributed by atoms with Gasteiger partial charge in [-0.1, -0.05) is 59.6 Å². The van der Waals surface area contributed by atoms with E-state index in [9.17, 15) is 9.59 Å². The van der Waals surface area contributed by atoms with Crippen LogP contribution in [0.5, 0.6) is 0 Å². The molecule has 2 amide bonds. The predicted octanol–water partition coefficient (Wildman–Crippen LogP) is 4.39. The number of nitrogens with one attached hydrogen (secondary N) is 6. The predicted molar refractivity (Wildman–Crippen MR) is 189 cm³/mol. The van der Waals surface area contributed by atoms with E-state index in [1.54, 1.807) is 26.5 Å². The first-order chi connectivity index (χ1) is 23.3. The number of anilines is 2. The van der Waals surface area contributed by atoms with E-state index >= 15 is 0 Å². The molecule has 250 valence electrons. The van der Waals surface area contributed by atoms with Gasteiger partial charge in [-0.05, 0) is 12.8 Å². The first-order valence-electron chi connectivity index (χ1n) is 16.0. The molecule has 0 spiro atoms. The van der Waals surface area contributed by atoms with Crippen LogP contribution < -0.4 is 31.9 Å². The molecule has 2 fully saturated rings. The fourth-order valence-electron chi connectivity index (χ4n) is 6.01. The number of carbonyl (C=O) groups excluding carboxylic acids is 2. The van der Waals surface area contributed by atoms with Crippen molar-refractivity contribution in [2.24, 2.45) is 0 Å². The van der Waals surface area contributed by atoms with Crippen LogP contribution in [0.1, 0.15) is 37.1 Å². The second-order valence-electron chi connectivity index (χ2n) is 11.8. The first-order valence-corrected chi connectivity index (χ1v) is 16.8. The molecule has 0 aliphatic carbocycles. The zero-order valence-corrected chi connectivity index (χ0v) is 28.3. The van der Waals surface area contributed by atoms with E-state index in [1.165, 1.54) is 0 Å². The number of hydrogen-bond acceptors (Lipinski definition) is 10. The number of carbonyl (C=O) groups is 2. The second-order valence-corrected chi connectivity index (χ2v) is 12.6. The maximum Gasteiger partial charge on any atom is 0.220 e. The van der Waals surface area contributed by atoms with Crippen LogP contribution in [0.2, 0.25) is 10.0 Å². The zero-order chi connectivity index (χ0) is 33.6. The van der Waals surface area contributed by atoms with Crippen LogP contribution in [0.3, 0.4) is 0 Å². The molecule has 0 bridgehead atoms. The van der Waals surface area contributed by atoms with Crippen molar-refractivity contribution in [3.05, 3.63) is 70.2 Å². The Kier molecular flexibility index (Phi) is 10.7. The van der Waals surface area contributed by atoms with E-state index in [1.807, 2.05) is 36.4 Å². The number of hydrogen-bond donors (Lipinski definition) is 6. The van der Waals surface area contributed by atoms with Gasteiger partial charge in [-0.3, -0.25) is 19.6 Å². The third-order valence-electron chi connectivity index (χ3n) is 8.55. The molecule has 6 N–H and O–H groups in total. The molecule has 2 aromatic carbocycles. The molecule has 2 aliphatic rings. The van der Waals surface area contributed by atoms with Crippen LogP contribution >= 0.6 is 23.2 Å². The molecule has 4 heterocycles. The lowest BCUT2D eigenvalue weighted by molar-refractivity contribution is -0.120. The number of aromatic nitrogens is 4. The maximum atomic E-state index is 11.5. The number of halogens is 2. The van der Waals surface area contributed by atoms with Crippen molar-refractivity contribution >= 4 is 46.7 Å². The Balaban J connectivity index is 1.20. The van der Waals surface area contributed by atoms with Gasteiger partial charge in [0.25, 0.3) is 0 Å². The lowest BCUT2D eigenvalue weighted by Gasteiger charge is -2.16. The summed E-state index contributed by atoms with van der Waals surface area (Å²) >= 11 is 14.1. The molecule has 12 nitrogen and oxygen atoms in total. The van der Waals surface area contributed by atoms with Crippen LogP contribution in [-0.4, -0.2) is 71.0 Å². The third kappa shape index (κ3) is 7.52. The van der Waals surface area contributed by atoms with Crippen molar-refractivity contribution in [3.8, 4) is 33.6 Å². The van der Waals surface area contributed by atoms with Crippen molar-refractivity contribution < 1.29 is 9.59 Å². The largest absolute Gasteiger partial charge is 0.372 e. The molecule has 48 heavy (non-hydrogen) atoms. The van der Waals surface area contributed by atoms with E-state index in [0.29, 0.717) is 72.1 Å². The lowest BCUT2D eigenvalue weighted by Crippen LogP contribution is -2.35. The standard InChI is InChI=1S/C34H38Cl2N10O2/c1-37-33-27(15-39-13-19-9-11-29(47)43-19)41-17-25(45-33)23-7-3-5-21(31(23)35)22-6-4-8-24(32(22)36)26-18-42-28(34(38-2)46-26)16-40-14-20-10-12-30(48)44-20/h3-8,17-20,39-40H,9-16H2,1-2H3,(H,37,45)(H,38,46)(H,43,47)(H,44,48)/t19-,20-/m1/s1. The van der Waals surface area contributed by atoms with Crippen LogP contribution in [-0.2, 0) is 22.7 Å². The monoisotopic (exact) mass is 688 g/mol. The van der Waals surface area contributed by atoms with Crippen molar-refractivity contribution in [3.63, 3.8) is 0 Å². The molecular formula is C34H38Cl2N10O2. The van der Waals surface area contributed by atoms with Gasteiger partial charge in [0.05, 0.1) is 45.2 Å². The molecule has 0 radical (unpaired) electrons. The third-order valence-corrected chi connectivity index (χ3v) is 9.36. The van der Waals surface area contributed by atoms with Crippen molar-refractivity contribution in [2.45, 2.75) is 50.9 Å². The summed E-state index contributed by atoms with van der Waals surface area (Å²) < 4.78 is 0.